The summed E-state index contributed by atoms with van der Waals surface area (Å²) in [5.74, 6) is 0.654. The number of methoxy groups -OCH3 is 1. The number of nitrogens with one attached hydrogen (secondary N) is 1. The normalized spacial score (nSPS) is 10.1. The number of amidine groups is 1. The summed E-state index contributed by atoms with van der Waals surface area (Å²) >= 11 is 0. The van der Waals surface area contributed by atoms with Crippen LogP contribution in [0.2, 0.25) is 0 Å². The molecule has 0 fully saturated rings. The van der Waals surface area contributed by atoms with E-state index in [0.717, 1.165) is 17.8 Å². The van der Waals surface area contributed by atoms with Crippen LogP contribution in [0, 0.1) is 5.41 Å². The number of nitrogen functional groups attached to an aromatic ring is 1. The summed E-state index contributed by atoms with van der Waals surface area (Å²) in [5.41, 5.74) is 8.41. The number of nitrogens with zero attached hydrogens (tertiary/aromatic N) is 1. The van der Waals surface area contributed by atoms with E-state index in [4.69, 9.17) is 15.9 Å². The fourth-order valence-corrected chi connectivity index (χ4v) is 2.10. The van der Waals surface area contributed by atoms with Crippen LogP contribution in [0.1, 0.15) is 11.1 Å². The molecule has 0 aliphatic heterocycles. The van der Waals surface area contributed by atoms with E-state index < -0.39 is 0 Å². The van der Waals surface area contributed by atoms with E-state index in [2.05, 4.69) is 17.0 Å². The van der Waals surface area contributed by atoms with Gasteiger partial charge in [0.05, 0.1) is 12.7 Å². The van der Waals surface area contributed by atoms with Crippen molar-refractivity contribution in [1.29, 1.82) is 5.41 Å². The smallest absolute Gasteiger partial charge is 0.130 e. The second kappa shape index (κ2) is 6.10. The monoisotopic (exact) mass is 269 g/mol. The molecule has 20 heavy (non-hydrogen) atoms. The quantitative estimate of drug-likeness (QED) is 0.648. The molecular formula is C16H19N3O. The van der Waals surface area contributed by atoms with Crippen LogP contribution in [-0.4, -0.2) is 20.0 Å². The minimum absolute atomic E-state index is 0.0183. The van der Waals surface area contributed by atoms with Gasteiger partial charge in [0.2, 0.25) is 0 Å². The number of benzene rings is 2. The minimum Gasteiger partial charge on any atom is -0.496 e. The van der Waals surface area contributed by atoms with Gasteiger partial charge in [0.1, 0.15) is 11.6 Å². The maximum absolute atomic E-state index is 7.51. The van der Waals surface area contributed by atoms with Gasteiger partial charge in [-0.2, -0.15) is 0 Å². The van der Waals surface area contributed by atoms with Crippen LogP contribution in [0.5, 0.6) is 5.75 Å². The Morgan fingerprint density at radius 1 is 1.20 bits per heavy atom. The molecule has 2 aromatic rings. The zero-order valence-electron chi connectivity index (χ0n) is 11.8. The minimum atomic E-state index is 0.0183. The second-order valence-electron chi connectivity index (χ2n) is 4.64. The highest BCUT2D eigenvalue weighted by Gasteiger charge is 2.08. The van der Waals surface area contributed by atoms with Crippen molar-refractivity contribution < 1.29 is 4.74 Å². The molecule has 0 heterocycles. The maximum Gasteiger partial charge on any atom is 0.130 e. The summed E-state index contributed by atoms with van der Waals surface area (Å²) < 4.78 is 5.30. The van der Waals surface area contributed by atoms with E-state index in [1.807, 2.05) is 43.4 Å². The van der Waals surface area contributed by atoms with E-state index in [9.17, 15) is 0 Å². The van der Waals surface area contributed by atoms with Gasteiger partial charge in [-0.05, 0) is 29.8 Å². The molecule has 0 aliphatic rings. The summed E-state index contributed by atoms with van der Waals surface area (Å²) in [6, 6.07) is 15.9. The fraction of sp³-hybridized carbons (Fsp3) is 0.188. The van der Waals surface area contributed by atoms with Crippen LogP contribution in [0.25, 0.3) is 0 Å². The first-order valence-corrected chi connectivity index (χ1v) is 6.39. The van der Waals surface area contributed by atoms with Crippen molar-refractivity contribution in [2.24, 2.45) is 5.73 Å². The van der Waals surface area contributed by atoms with Crippen molar-refractivity contribution in [3.05, 3.63) is 59.7 Å². The lowest BCUT2D eigenvalue weighted by Gasteiger charge is -2.20. The summed E-state index contributed by atoms with van der Waals surface area (Å²) in [6.45, 7) is 0.762. The van der Waals surface area contributed by atoms with Gasteiger partial charge in [0, 0.05) is 19.3 Å². The number of para-hydroxylation sites is 1. The van der Waals surface area contributed by atoms with Gasteiger partial charge in [-0.25, -0.2) is 0 Å². The van der Waals surface area contributed by atoms with Gasteiger partial charge in [0.15, 0.2) is 0 Å². The second-order valence-corrected chi connectivity index (χ2v) is 4.64. The van der Waals surface area contributed by atoms with Crippen LogP contribution in [0.3, 0.4) is 0 Å². The Bertz CT molecular complexity index is 596. The van der Waals surface area contributed by atoms with Gasteiger partial charge < -0.3 is 15.4 Å². The summed E-state index contributed by atoms with van der Waals surface area (Å²) in [7, 11) is 3.63. The summed E-state index contributed by atoms with van der Waals surface area (Å²) in [5, 5.41) is 7.51. The van der Waals surface area contributed by atoms with Gasteiger partial charge in [0.25, 0.3) is 0 Å². The van der Waals surface area contributed by atoms with E-state index in [1.54, 1.807) is 7.11 Å². The number of hydrogen-bond donors (Lipinski definition) is 2. The van der Waals surface area contributed by atoms with Crippen molar-refractivity contribution in [3.8, 4) is 5.75 Å². The van der Waals surface area contributed by atoms with E-state index in [-0.39, 0.29) is 5.84 Å². The summed E-state index contributed by atoms with van der Waals surface area (Å²) in [4.78, 5) is 2.15. The maximum atomic E-state index is 7.51. The zero-order chi connectivity index (χ0) is 14.5. The van der Waals surface area contributed by atoms with E-state index in [1.165, 1.54) is 0 Å². The molecule has 3 N–H and O–H groups in total. The highest BCUT2D eigenvalue weighted by Crippen LogP contribution is 2.22. The third kappa shape index (κ3) is 3.09. The average Bonchev–Trinajstić information content (AvgIpc) is 2.47. The third-order valence-electron chi connectivity index (χ3n) is 3.17. The molecule has 0 bridgehead atoms. The van der Waals surface area contributed by atoms with Crippen LogP contribution < -0.4 is 15.4 Å². The van der Waals surface area contributed by atoms with Gasteiger partial charge >= 0.3 is 0 Å². The lowest BCUT2D eigenvalue weighted by Crippen LogP contribution is -2.17. The van der Waals surface area contributed by atoms with Gasteiger partial charge in [-0.1, -0.05) is 24.3 Å². The van der Waals surface area contributed by atoms with E-state index >= 15 is 0 Å². The number of anilines is 1. The molecule has 4 nitrogen and oxygen atoms in total. The fourth-order valence-electron chi connectivity index (χ4n) is 2.10. The first kappa shape index (κ1) is 13.9. The Morgan fingerprint density at radius 2 is 1.90 bits per heavy atom. The van der Waals surface area contributed by atoms with Crippen molar-refractivity contribution in [2.75, 3.05) is 19.1 Å². The molecule has 0 spiro atoms. The Morgan fingerprint density at radius 3 is 2.50 bits per heavy atom. The molecule has 0 unspecified atom stereocenters. The molecule has 0 saturated carbocycles. The number of hydrogen-bond acceptors (Lipinski definition) is 3. The molecule has 2 rings (SSSR count). The third-order valence-corrected chi connectivity index (χ3v) is 3.17. The molecule has 104 valence electrons. The van der Waals surface area contributed by atoms with Crippen LogP contribution in [0.15, 0.2) is 48.5 Å². The van der Waals surface area contributed by atoms with E-state index in [0.29, 0.717) is 11.3 Å². The number of ether oxygens (including phenoxy) is 1. The predicted molar refractivity (Wildman–Crippen MR) is 82.6 cm³/mol. The zero-order valence-corrected chi connectivity index (χ0v) is 11.8. The molecular weight excluding hydrogens is 250 g/mol. The van der Waals surface area contributed by atoms with Gasteiger partial charge in [-0.3, -0.25) is 5.41 Å². The van der Waals surface area contributed by atoms with Crippen molar-refractivity contribution >= 4 is 11.5 Å². The Balaban J connectivity index is 2.20. The van der Waals surface area contributed by atoms with Crippen LogP contribution in [-0.2, 0) is 6.54 Å². The molecule has 0 radical (unpaired) electrons. The topological polar surface area (TPSA) is 62.3 Å². The molecule has 0 saturated heterocycles. The highest BCUT2D eigenvalue weighted by molar-refractivity contribution is 5.97. The summed E-state index contributed by atoms with van der Waals surface area (Å²) in [6.07, 6.45) is 0. The van der Waals surface area contributed by atoms with Gasteiger partial charge in [-0.15, -0.1) is 0 Å². The Kier molecular flexibility index (Phi) is 4.25. The molecule has 2 aromatic carbocycles. The van der Waals surface area contributed by atoms with Crippen molar-refractivity contribution in [3.63, 3.8) is 0 Å². The van der Waals surface area contributed by atoms with Crippen LogP contribution in [0.4, 0.5) is 5.69 Å². The molecule has 0 amide bonds. The molecule has 0 atom stereocenters. The Labute approximate surface area is 119 Å². The molecule has 0 aromatic heterocycles. The lowest BCUT2D eigenvalue weighted by atomic mass is 10.1. The average molecular weight is 269 g/mol. The number of nitrogens with two attached hydrogens (primary N) is 1. The van der Waals surface area contributed by atoms with Crippen molar-refractivity contribution in [1.82, 2.24) is 0 Å². The lowest BCUT2D eigenvalue weighted by molar-refractivity contribution is 0.413. The predicted octanol–water partition coefficient (Wildman–Crippen LogP) is 2.62. The standard InChI is InChI=1S/C16H19N3O/c1-19(13-6-4-3-5-7-13)11-12-8-9-14(16(17)18)15(10-12)20-2/h3-10H,11H2,1-2H3,(H3,17,18). The molecule has 0 aliphatic carbocycles. The van der Waals surface area contributed by atoms with Crippen molar-refractivity contribution in [2.45, 2.75) is 6.54 Å². The first-order chi connectivity index (χ1) is 9.61. The highest BCUT2D eigenvalue weighted by atomic mass is 16.5. The Hall–Kier alpha value is -2.49. The molecule has 4 heteroatoms. The number of rotatable bonds is 5. The largest absolute Gasteiger partial charge is 0.496 e. The first-order valence-electron chi connectivity index (χ1n) is 6.39. The van der Waals surface area contributed by atoms with Crippen LogP contribution >= 0.6 is 0 Å². The SMILES string of the molecule is COc1cc(CN(C)c2ccccc2)ccc1C(=N)N.